The molecular formula is C13H7F2N5. The summed E-state index contributed by atoms with van der Waals surface area (Å²) in [6.45, 7) is 0. The maximum atomic E-state index is 13.7. The summed E-state index contributed by atoms with van der Waals surface area (Å²) < 4.78 is 28.5. The van der Waals surface area contributed by atoms with Gasteiger partial charge in [0.1, 0.15) is 17.2 Å². The first-order chi connectivity index (χ1) is 9.72. The van der Waals surface area contributed by atoms with Gasteiger partial charge in [0, 0.05) is 18.5 Å². The lowest BCUT2D eigenvalue weighted by molar-refractivity contribution is 0.591. The van der Waals surface area contributed by atoms with Crippen LogP contribution in [0.15, 0.2) is 36.9 Å². The van der Waals surface area contributed by atoms with Crippen molar-refractivity contribution in [1.29, 1.82) is 0 Å². The van der Waals surface area contributed by atoms with Gasteiger partial charge >= 0.3 is 0 Å². The van der Waals surface area contributed by atoms with E-state index in [2.05, 4.69) is 20.1 Å². The third-order valence-corrected chi connectivity index (χ3v) is 3.08. The van der Waals surface area contributed by atoms with E-state index in [1.165, 1.54) is 6.07 Å². The summed E-state index contributed by atoms with van der Waals surface area (Å²) in [5.41, 5.74) is 1.81. The molecule has 0 unspecified atom stereocenters. The first-order valence-electron chi connectivity index (χ1n) is 5.85. The number of hydrogen-bond donors (Lipinski definition) is 1. The second-order valence-corrected chi connectivity index (χ2v) is 4.33. The Morgan fingerprint density at radius 1 is 1.15 bits per heavy atom. The fraction of sp³-hybridized carbons (Fsp3) is 0. The Kier molecular flexibility index (Phi) is 2.11. The van der Waals surface area contributed by atoms with Crippen molar-refractivity contribution in [2.24, 2.45) is 0 Å². The van der Waals surface area contributed by atoms with E-state index in [1.807, 2.05) is 0 Å². The molecule has 20 heavy (non-hydrogen) atoms. The molecule has 0 amide bonds. The van der Waals surface area contributed by atoms with Gasteiger partial charge in [-0.2, -0.15) is 5.10 Å². The molecule has 5 nitrogen and oxygen atoms in total. The van der Waals surface area contributed by atoms with Crippen molar-refractivity contribution in [2.75, 3.05) is 0 Å². The molecule has 0 spiro atoms. The highest BCUT2D eigenvalue weighted by atomic mass is 19.1. The highest BCUT2D eigenvalue weighted by molar-refractivity contribution is 5.84. The summed E-state index contributed by atoms with van der Waals surface area (Å²) in [6.07, 6.45) is 6.54. The van der Waals surface area contributed by atoms with Crippen LogP contribution < -0.4 is 0 Å². The van der Waals surface area contributed by atoms with Crippen LogP contribution in [-0.4, -0.2) is 24.6 Å². The lowest BCUT2D eigenvalue weighted by Crippen LogP contribution is -1.86. The predicted octanol–water partition coefficient (Wildman–Crippen LogP) is 2.55. The van der Waals surface area contributed by atoms with Crippen LogP contribution in [0.25, 0.3) is 27.9 Å². The molecule has 0 saturated heterocycles. The molecule has 0 aliphatic heterocycles. The molecule has 3 aromatic heterocycles. The number of aromatic nitrogens is 5. The Hall–Kier alpha value is -2.83. The Morgan fingerprint density at radius 3 is 2.95 bits per heavy atom. The Morgan fingerprint density at radius 2 is 2.05 bits per heavy atom. The molecular weight excluding hydrogens is 264 g/mol. The van der Waals surface area contributed by atoms with Crippen LogP contribution in [0.2, 0.25) is 0 Å². The van der Waals surface area contributed by atoms with Crippen LogP contribution in [0.1, 0.15) is 0 Å². The van der Waals surface area contributed by atoms with Gasteiger partial charge in [-0.1, -0.05) is 0 Å². The molecule has 0 fully saturated rings. The van der Waals surface area contributed by atoms with E-state index in [0.29, 0.717) is 16.9 Å². The number of H-pyrrole nitrogens is 1. The van der Waals surface area contributed by atoms with E-state index in [9.17, 15) is 8.78 Å². The van der Waals surface area contributed by atoms with Crippen molar-refractivity contribution in [2.45, 2.75) is 0 Å². The number of fused-ring (bicyclic) bond motifs is 2. The topological polar surface area (TPSA) is 58.9 Å². The number of imidazole rings is 1. The maximum Gasteiger partial charge on any atom is 0.153 e. The van der Waals surface area contributed by atoms with Crippen molar-refractivity contribution in [3.05, 3.63) is 48.6 Å². The average Bonchev–Trinajstić information content (AvgIpc) is 3.01. The minimum absolute atomic E-state index is 0.102. The standard InChI is InChI=1S/C13H7F2N5/c14-7-3-9(15)12-10(4-7)18-13(19-12)8-5-17-20-2-1-16-6-11(8)20/h1-6H,(H,18,19). The van der Waals surface area contributed by atoms with Crippen LogP contribution in [0.4, 0.5) is 8.78 Å². The van der Waals surface area contributed by atoms with Gasteiger partial charge in [0.15, 0.2) is 5.82 Å². The van der Waals surface area contributed by atoms with Crippen LogP contribution in [0.3, 0.4) is 0 Å². The lowest BCUT2D eigenvalue weighted by Gasteiger charge is -1.93. The minimum atomic E-state index is -0.697. The molecule has 3 heterocycles. The van der Waals surface area contributed by atoms with E-state index in [1.54, 1.807) is 29.3 Å². The third kappa shape index (κ3) is 1.49. The molecule has 98 valence electrons. The smallest absolute Gasteiger partial charge is 0.153 e. The van der Waals surface area contributed by atoms with Crippen LogP contribution in [0, 0.1) is 11.6 Å². The molecule has 1 aromatic carbocycles. The molecule has 1 N–H and O–H groups in total. The summed E-state index contributed by atoms with van der Waals surface area (Å²) in [6, 6.07) is 2.02. The van der Waals surface area contributed by atoms with Crippen molar-refractivity contribution in [3.8, 4) is 11.4 Å². The quantitative estimate of drug-likeness (QED) is 0.578. The monoisotopic (exact) mass is 271 g/mol. The maximum absolute atomic E-state index is 13.7. The van der Waals surface area contributed by atoms with E-state index in [0.717, 1.165) is 11.6 Å². The number of benzene rings is 1. The van der Waals surface area contributed by atoms with Gasteiger partial charge < -0.3 is 4.98 Å². The minimum Gasteiger partial charge on any atom is -0.338 e. The zero-order chi connectivity index (χ0) is 13.7. The van der Waals surface area contributed by atoms with Gasteiger partial charge in [0.25, 0.3) is 0 Å². The molecule has 7 heteroatoms. The molecule has 0 aliphatic rings. The number of nitrogens with one attached hydrogen (secondary N) is 1. The number of aromatic amines is 1. The van der Waals surface area contributed by atoms with Crippen LogP contribution in [-0.2, 0) is 0 Å². The Balaban J connectivity index is 2.01. The second-order valence-electron chi connectivity index (χ2n) is 4.33. The summed E-state index contributed by atoms with van der Waals surface area (Å²) in [4.78, 5) is 11.1. The highest BCUT2D eigenvalue weighted by Crippen LogP contribution is 2.25. The summed E-state index contributed by atoms with van der Waals surface area (Å²) in [7, 11) is 0. The van der Waals surface area contributed by atoms with Crippen molar-refractivity contribution in [1.82, 2.24) is 24.6 Å². The predicted molar refractivity (Wildman–Crippen MR) is 68.0 cm³/mol. The number of halogens is 2. The number of nitrogens with zero attached hydrogens (tertiary/aromatic N) is 4. The normalized spacial score (nSPS) is 11.5. The molecule has 0 bridgehead atoms. The lowest BCUT2D eigenvalue weighted by atomic mass is 10.3. The number of rotatable bonds is 1. The zero-order valence-corrected chi connectivity index (χ0v) is 10.0. The summed E-state index contributed by atoms with van der Waals surface area (Å²) >= 11 is 0. The molecule has 0 atom stereocenters. The third-order valence-electron chi connectivity index (χ3n) is 3.08. The first kappa shape index (κ1) is 11.0. The molecule has 0 saturated carbocycles. The van der Waals surface area contributed by atoms with Crippen molar-refractivity contribution in [3.63, 3.8) is 0 Å². The van der Waals surface area contributed by atoms with Crippen molar-refractivity contribution >= 4 is 16.6 Å². The van der Waals surface area contributed by atoms with Gasteiger partial charge in [-0.05, 0) is 6.07 Å². The molecule has 0 radical (unpaired) electrons. The molecule has 4 aromatic rings. The van der Waals surface area contributed by atoms with E-state index in [-0.39, 0.29) is 5.52 Å². The van der Waals surface area contributed by atoms with E-state index < -0.39 is 11.6 Å². The summed E-state index contributed by atoms with van der Waals surface area (Å²) in [5.74, 6) is -0.920. The second kappa shape index (κ2) is 3.83. The average molecular weight is 271 g/mol. The molecule has 4 rings (SSSR count). The zero-order valence-electron chi connectivity index (χ0n) is 10.0. The highest BCUT2D eigenvalue weighted by Gasteiger charge is 2.14. The van der Waals surface area contributed by atoms with Gasteiger partial charge in [0.2, 0.25) is 0 Å². The SMILES string of the molecule is Fc1cc(F)c2nc(-c3cnn4ccncc34)[nH]c2c1. The van der Waals surface area contributed by atoms with Crippen LogP contribution >= 0.6 is 0 Å². The van der Waals surface area contributed by atoms with Crippen molar-refractivity contribution < 1.29 is 8.78 Å². The van der Waals surface area contributed by atoms with Crippen LogP contribution in [0.5, 0.6) is 0 Å². The van der Waals surface area contributed by atoms with Gasteiger partial charge in [-0.3, -0.25) is 4.98 Å². The molecule has 0 aliphatic carbocycles. The van der Waals surface area contributed by atoms with E-state index >= 15 is 0 Å². The fourth-order valence-corrected chi connectivity index (χ4v) is 2.19. The largest absolute Gasteiger partial charge is 0.338 e. The number of hydrogen-bond acceptors (Lipinski definition) is 3. The Bertz CT molecular complexity index is 940. The van der Waals surface area contributed by atoms with E-state index in [4.69, 9.17) is 0 Å². The van der Waals surface area contributed by atoms with Gasteiger partial charge in [0.05, 0.1) is 29.0 Å². The van der Waals surface area contributed by atoms with Gasteiger partial charge in [-0.15, -0.1) is 0 Å². The van der Waals surface area contributed by atoms with Gasteiger partial charge in [-0.25, -0.2) is 18.3 Å². The first-order valence-corrected chi connectivity index (χ1v) is 5.85. The summed E-state index contributed by atoms with van der Waals surface area (Å²) in [5, 5.41) is 4.15. The Labute approximate surface area is 110 Å². The fourth-order valence-electron chi connectivity index (χ4n) is 2.19.